The summed E-state index contributed by atoms with van der Waals surface area (Å²) in [5.74, 6) is 2.45. The first-order valence-corrected chi connectivity index (χ1v) is 9.62. The molecule has 1 fully saturated rings. The summed E-state index contributed by atoms with van der Waals surface area (Å²) in [6.45, 7) is 5.28. The second-order valence-corrected chi connectivity index (χ2v) is 6.37. The Hall–Kier alpha value is -1.95. The molecule has 0 saturated carbocycles. The van der Waals surface area contributed by atoms with Gasteiger partial charge >= 0.3 is 0 Å². The van der Waals surface area contributed by atoms with E-state index in [-0.39, 0.29) is 0 Å². The molecule has 0 radical (unpaired) electrons. The molecule has 1 saturated heterocycles. The molecule has 1 atom stereocenters. The molecule has 1 heterocycles. The van der Waals surface area contributed by atoms with Crippen LogP contribution in [-0.4, -0.2) is 52.5 Å². The summed E-state index contributed by atoms with van der Waals surface area (Å²) < 4.78 is 16.6. The van der Waals surface area contributed by atoms with Crippen molar-refractivity contribution in [3.63, 3.8) is 0 Å². The molecule has 2 rings (SSSR count). The van der Waals surface area contributed by atoms with Gasteiger partial charge < -0.3 is 24.8 Å². The first kappa shape index (κ1) is 20.4. The van der Waals surface area contributed by atoms with Crippen LogP contribution in [0.4, 0.5) is 0 Å². The Kier molecular flexibility index (Phi) is 9.10. The highest BCUT2D eigenvalue weighted by Gasteiger charge is 2.14. The predicted molar refractivity (Wildman–Crippen MR) is 105 cm³/mol. The molecule has 0 aromatic heterocycles. The van der Waals surface area contributed by atoms with Crippen molar-refractivity contribution in [2.75, 3.05) is 40.5 Å². The van der Waals surface area contributed by atoms with E-state index >= 15 is 0 Å². The third-order valence-electron chi connectivity index (χ3n) is 4.47. The SMILES string of the molecule is CCOc1cc(CCCNC(=NC)NCCC2CCCO2)ccc1OC. The summed E-state index contributed by atoms with van der Waals surface area (Å²) in [5, 5.41) is 6.73. The highest BCUT2D eigenvalue weighted by Crippen LogP contribution is 2.28. The van der Waals surface area contributed by atoms with Crippen molar-refractivity contribution in [3.05, 3.63) is 23.8 Å². The van der Waals surface area contributed by atoms with Gasteiger partial charge in [0.2, 0.25) is 0 Å². The number of hydrogen-bond donors (Lipinski definition) is 2. The van der Waals surface area contributed by atoms with Crippen LogP contribution >= 0.6 is 0 Å². The maximum Gasteiger partial charge on any atom is 0.190 e. The van der Waals surface area contributed by atoms with E-state index in [1.807, 2.05) is 13.0 Å². The fourth-order valence-electron chi connectivity index (χ4n) is 3.09. The normalized spacial score (nSPS) is 17.2. The summed E-state index contributed by atoms with van der Waals surface area (Å²) in [7, 11) is 3.47. The van der Waals surface area contributed by atoms with Crippen LogP contribution in [0.1, 0.15) is 38.2 Å². The first-order valence-electron chi connectivity index (χ1n) is 9.62. The lowest BCUT2D eigenvalue weighted by Gasteiger charge is -2.14. The van der Waals surface area contributed by atoms with Crippen LogP contribution in [-0.2, 0) is 11.2 Å². The minimum Gasteiger partial charge on any atom is -0.493 e. The summed E-state index contributed by atoms with van der Waals surface area (Å²) in [6.07, 6.45) is 5.81. The van der Waals surface area contributed by atoms with E-state index in [1.54, 1.807) is 14.2 Å². The molecular formula is C20H33N3O3. The minimum absolute atomic E-state index is 0.412. The Morgan fingerprint density at radius 1 is 1.27 bits per heavy atom. The van der Waals surface area contributed by atoms with E-state index in [0.29, 0.717) is 12.7 Å². The lowest BCUT2D eigenvalue weighted by Crippen LogP contribution is -2.39. The molecule has 1 aliphatic heterocycles. The second kappa shape index (κ2) is 11.6. The molecule has 0 bridgehead atoms. The fraction of sp³-hybridized carbons (Fsp3) is 0.650. The first-order chi connectivity index (χ1) is 12.8. The molecule has 2 N–H and O–H groups in total. The second-order valence-electron chi connectivity index (χ2n) is 6.37. The van der Waals surface area contributed by atoms with Gasteiger partial charge in [-0.2, -0.15) is 0 Å². The molecule has 0 amide bonds. The molecule has 1 unspecified atom stereocenters. The maximum absolute atomic E-state index is 5.64. The van der Waals surface area contributed by atoms with E-state index in [0.717, 1.165) is 56.4 Å². The summed E-state index contributed by atoms with van der Waals surface area (Å²) in [5.41, 5.74) is 1.25. The van der Waals surface area contributed by atoms with Gasteiger partial charge in [0.15, 0.2) is 17.5 Å². The van der Waals surface area contributed by atoms with Gasteiger partial charge in [0.25, 0.3) is 0 Å². The van der Waals surface area contributed by atoms with Crippen molar-refractivity contribution in [1.29, 1.82) is 0 Å². The van der Waals surface area contributed by atoms with Crippen LogP contribution in [0, 0.1) is 0 Å². The van der Waals surface area contributed by atoms with Gasteiger partial charge in [-0.25, -0.2) is 0 Å². The number of hydrogen-bond acceptors (Lipinski definition) is 4. The third-order valence-corrected chi connectivity index (χ3v) is 4.47. The van der Waals surface area contributed by atoms with E-state index < -0.39 is 0 Å². The lowest BCUT2D eigenvalue weighted by molar-refractivity contribution is 0.105. The largest absolute Gasteiger partial charge is 0.493 e. The van der Waals surface area contributed by atoms with Gasteiger partial charge in [-0.15, -0.1) is 0 Å². The summed E-state index contributed by atoms with van der Waals surface area (Å²) in [6, 6.07) is 6.13. The van der Waals surface area contributed by atoms with Crippen LogP contribution < -0.4 is 20.1 Å². The zero-order chi connectivity index (χ0) is 18.6. The Morgan fingerprint density at radius 2 is 2.12 bits per heavy atom. The number of methoxy groups -OCH3 is 1. The van der Waals surface area contributed by atoms with Gasteiger partial charge in [-0.05, 0) is 56.7 Å². The van der Waals surface area contributed by atoms with Gasteiger partial charge in [0.1, 0.15) is 0 Å². The topological polar surface area (TPSA) is 64.1 Å². The summed E-state index contributed by atoms with van der Waals surface area (Å²) >= 11 is 0. The highest BCUT2D eigenvalue weighted by molar-refractivity contribution is 5.79. The number of aliphatic imine (C=N–C) groups is 1. The number of nitrogens with zero attached hydrogens (tertiary/aromatic N) is 1. The van der Waals surface area contributed by atoms with Crippen LogP contribution in [0.5, 0.6) is 11.5 Å². The maximum atomic E-state index is 5.64. The molecule has 0 aliphatic carbocycles. The molecule has 1 aliphatic rings. The van der Waals surface area contributed by atoms with Crippen molar-refractivity contribution in [1.82, 2.24) is 10.6 Å². The third kappa shape index (κ3) is 6.75. The Bertz CT molecular complexity index is 557. The van der Waals surface area contributed by atoms with Crippen molar-refractivity contribution < 1.29 is 14.2 Å². The average molecular weight is 364 g/mol. The fourth-order valence-corrected chi connectivity index (χ4v) is 3.09. The molecule has 6 heteroatoms. The zero-order valence-electron chi connectivity index (χ0n) is 16.3. The number of ether oxygens (including phenoxy) is 3. The number of benzene rings is 1. The minimum atomic E-state index is 0.412. The van der Waals surface area contributed by atoms with Crippen molar-refractivity contribution in [3.8, 4) is 11.5 Å². The number of guanidine groups is 1. The smallest absolute Gasteiger partial charge is 0.190 e. The van der Waals surface area contributed by atoms with Crippen molar-refractivity contribution in [2.24, 2.45) is 4.99 Å². The molecule has 1 aromatic rings. The van der Waals surface area contributed by atoms with Crippen LogP contribution in [0.25, 0.3) is 0 Å². The van der Waals surface area contributed by atoms with Crippen LogP contribution in [0.2, 0.25) is 0 Å². The van der Waals surface area contributed by atoms with E-state index in [1.165, 1.54) is 18.4 Å². The molecule has 26 heavy (non-hydrogen) atoms. The Labute approximate surface area is 157 Å². The van der Waals surface area contributed by atoms with E-state index in [2.05, 4.69) is 27.8 Å². The monoisotopic (exact) mass is 363 g/mol. The molecule has 1 aromatic carbocycles. The van der Waals surface area contributed by atoms with Gasteiger partial charge in [-0.3, -0.25) is 4.99 Å². The lowest BCUT2D eigenvalue weighted by atomic mass is 10.1. The molecule has 0 spiro atoms. The number of aryl methyl sites for hydroxylation is 1. The highest BCUT2D eigenvalue weighted by atomic mass is 16.5. The summed E-state index contributed by atoms with van der Waals surface area (Å²) in [4.78, 5) is 4.27. The quantitative estimate of drug-likeness (QED) is 0.380. The Balaban J connectivity index is 1.67. The van der Waals surface area contributed by atoms with Crippen LogP contribution in [0.3, 0.4) is 0 Å². The van der Waals surface area contributed by atoms with Crippen LogP contribution in [0.15, 0.2) is 23.2 Å². The van der Waals surface area contributed by atoms with Crippen molar-refractivity contribution >= 4 is 5.96 Å². The van der Waals surface area contributed by atoms with Gasteiger partial charge in [0, 0.05) is 26.7 Å². The molecule has 6 nitrogen and oxygen atoms in total. The number of rotatable bonds is 10. The zero-order valence-corrected chi connectivity index (χ0v) is 16.3. The van der Waals surface area contributed by atoms with Crippen molar-refractivity contribution in [2.45, 2.75) is 45.1 Å². The standard InChI is InChI=1S/C20H33N3O3/c1-4-25-19-15-16(9-10-18(19)24-3)7-5-12-22-20(21-2)23-13-11-17-8-6-14-26-17/h9-10,15,17H,4-8,11-14H2,1-3H3,(H2,21,22,23). The van der Waals surface area contributed by atoms with E-state index in [4.69, 9.17) is 14.2 Å². The number of nitrogens with one attached hydrogen (secondary N) is 2. The van der Waals surface area contributed by atoms with E-state index in [9.17, 15) is 0 Å². The average Bonchev–Trinajstić information content (AvgIpc) is 3.17. The Morgan fingerprint density at radius 3 is 2.81 bits per heavy atom. The molecule has 146 valence electrons. The van der Waals surface area contributed by atoms with Gasteiger partial charge in [-0.1, -0.05) is 6.07 Å². The van der Waals surface area contributed by atoms with Gasteiger partial charge in [0.05, 0.1) is 19.8 Å². The predicted octanol–water partition coefficient (Wildman–Crippen LogP) is 2.76. The molecular weight excluding hydrogens is 330 g/mol.